The molecule has 0 fully saturated rings. The van der Waals surface area contributed by atoms with Crippen LogP contribution in [-0.2, 0) is 12.3 Å². The molecule has 1 aromatic heterocycles. The third-order valence-electron chi connectivity index (χ3n) is 1.66. The Hall–Kier alpha value is -1.03. The summed E-state index contributed by atoms with van der Waals surface area (Å²) >= 11 is 0. The topological polar surface area (TPSA) is 38.9 Å². The summed E-state index contributed by atoms with van der Waals surface area (Å²) in [5, 5.41) is 0. The number of pyridine rings is 1. The highest BCUT2D eigenvalue weighted by molar-refractivity contribution is 5.14. The van der Waals surface area contributed by atoms with Gasteiger partial charge in [-0.15, -0.1) is 0 Å². The van der Waals surface area contributed by atoms with Crippen molar-refractivity contribution >= 4 is 0 Å². The zero-order chi connectivity index (χ0) is 9.90. The quantitative estimate of drug-likeness (QED) is 0.780. The summed E-state index contributed by atoms with van der Waals surface area (Å²) in [6.07, 6.45) is 0.532. The molecule has 1 aromatic rings. The summed E-state index contributed by atoms with van der Waals surface area (Å²) in [4.78, 5) is 3.80. The van der Waals surface area contributed by atoms with Crippen molar-refractivity contribution in [2.24, 2.45) is 5.73 Å². The minimum atomic E-state index is -2.87. The van der Waals surface area contributed by atoms with Crippen molar-refractivity contribution in [1.29, 1.82) is 0 Å². The van der Waals surface area contributed by atoms with Crippen LogP contribution in [0.5, 0.6) is 0 Å². The zero-order valence-electron chi connectivity index (χ0n) is 7.43. The van der Waals surface area contributed by atoms with Gasteiger partial charge in [-0.2, -0.15) is 8.78 Å². The van der Waals surface area contributed by atoms with E-state index < -0.39 is 5.92 Å². The van der Waals surface area contributed by atoms with Crippen LogP contribution in [0.25, 0.3) is 0 Å². The monoisotopic (exact) mass is 186 g/mol. The van der Waals surface area contributed by atoms with Gasteiger partial charge >= 0.3 is 0 Å². The molecular weight excluding hydrogens is 174 g/mol. The van der Waals surface area contributed by atoms with Crippen molar-refractivity contribution in [2.75, 3.05) is 6.54 Å². The lowest BCUT2D eigenvalue weighted by atomic mass is 10.2. The van der Waals surface area contributed by atoms with Gasteiger partial charge in [0.05, 0.1) is 0 Å². The minimum absolute atomic E-state index is 0.196. The van der Waals surface area contributed by atoms with Gasteiger partial charge < -0.3 is 5.73 Å². The lowest BCUT2D eigenvalue weighted by Gasteiger charge is -2.10. The summed E-state index contributed by atoms with van der Waals surface area (Å²) in [5.41, 5.74) is 5.71. The third kappa shape index (κ3) is 2.73. The third-order valence-corrected chi connectivity index (χ3v) is 1.66. The highest BCUT2D eigenvalue weighted by atomic mass is 19.3. The van der Waals surface area contributed by atoms with Crippen LogP contribution < -0.4 is 5.73 Å². The fourth-order valence-corrected chi connectivity index (χ4v) is 1.01. The van der Waals surface area contributed by atoms with Crippen LogP contribution in [0.4, 0.5) is 8.78 Å². The first kappa shape index (κ1) is 10.1. The molecule has 0 aromatic carbocycles. The van der Waals surface area contributed by atoms with Gasteiger partial charge in [-0.25, -0.2) is 0 Å². The van der Waals surface area contributed by atoms with E-state index in [1.165, 1.54) is 6.07 Å². The Morgan fingerprint density at radius 2 is 2.15 bits per heavy atom. The number of halogens is 2. The number of hydrogen-bond donors (Lipinski definition) is 1. The van der Waals surface area contributed by atoms with E-state index in [2.05, 4.69) is 4.98 Å². The summed E-state index contributed by atoms with van der Waals surface area (Å²) in [7, 11) is 0. The Bertz CT molecular complexity index is 281. The predicted molar refractivity (Wildman–Crippen MR) is 46.6 cm³/mol. The van der Waals surface area contributed by atoms with E-state index in [1.807, 2.05) is 0 Å². The van der Waals surface area contributed by atoms with E-state index in [-0.39, 0.29) is 5.69 Å². The molecular formula is C9H12F2N2. The Balaban J connectivity index is 2.92. The summed E-state index contributed by atoms with van der Waals surface area (Å²) in [6.45, 7) is 1.26. The lowest BCUT2D eigenvalue weighted by Crippen LogP contribution is -2.12. The highest BCUT2D eigenvalue weighted by Crippen LogP contribution is 2.24. The molecule has 1 rings (SSSR count). The maximum absolute atomic E-state index is 12.8. The average molecular weight is 186 g/mol. The predicted octanol–water partition coefficient (Wildman–Crippen LogP) is 1.69. The van der Waals surface area contributed by atoms with Crippen molar-refractivity contribution in [2.45, 2.75) is 19.3 Å². The van der Waals surface area contributed by atoms with Crippen LogP contribution in [0.3, 0.4) is 0 Å². The van der Waals surface area contributed by atoms with Crippen LogP contribution in [0.15, 0.2) is 18.2 Å². The molecule has 0 atom stereocenters. The van der Waals surface area contributed by atoms with Crippen LogP contribution in [-0.4, -0.2) is 11.5 Å². The standard InChI is InChI=1S/C9H12F2N2/c1-9(10,11)8-4-2-3-7(13-8)5-6-12/h2-4H,5-6,12H2,1H3. The molecule has 2 N–H and O–H groups in total. The van der Waals surface area contributed by atoms with Crippen LogP contribution in [0, 0.1) is 0 Å². The SMILES string of the molecule is CC(F)(F)c1cccc(CCN)n1. The van der Waals surface area contributed by atoms with E-state index in [0.717, 1.165) is 6.92 Å². The maximum Gasteiger partial charge on any atom is 0.286 e. The molecule has 0 spiro atoms. The molecule has 2 nitrogen and oxygen atoms in total. The first-order chi connectivity index (χ1) is 6.04. The van der Waals surface area contributed by atoms with E-state index in [1.54, 1.807) is 12.1 Å². The van der Waals surface area contributed by atoms with E-state index in [4.69, 9.17) is 5.73 Å². The normalized spacial score (nSPS) is 11.7. The second-order valence-electron chi connectivity index (χ2n) is 2.94. The maximum atomic E-state index is 12.8. The fourth-order valence-electron chi connectivity index (χ4n) is 1.01. The molecule has 0 bridgehead atoms. The summed E-state index contributed by atoms with van der Waals surface area (Å²) < 4.78 is 25.6. The lowest BCUT2D eigenvalue weighted by molar-refractivity contribution is 0.0126. The van der Waals surface area contributed by atoms with E-state index >= 15 is 0 Å². The van der Waals surface area contributed by atoms with Crippen molar-refractivity contribution in [3.63, 3.8) is 0 Å². The van der Waals surface area contributed by atoms with Gasteiger partial charge in [0.1, 0.15) is 5.69 Å². The van der Waals surface area contributed by atoms with Crippen molar-refractivity contribution in [1.82, 2.24) is 4.98 Å². The first-order valence-electron chi connectivity index (χ1n) is 4.08. The van der Waals surface area contributed by atoms with Gasteiger partial charge in [0.2, 0.25) is 0 Å². The second-order valence-corrected chi connectivity index (χ2v) is 2.94. The fraction of sp³-hybridized carbons (Fsp3) is 0.444. The Kier molecular flexibility index (Phi) is 2.93. The van der Waals surface area contributed by atoms with Crippen LogP contribution >= 0.6 is 0 Å². The first-order valence-corrected chi connectivity index (χ1v) is 4.08. The van der Waals surface area contributed by atoms with Crippen molar-refractivity contribution in [3.05, 3.63) is 29.6 Å². The molecule has 0 saturated heterocycles. The Morgan fingerprint density at radius 3 is 2.69 bits per heavy atom. The smallest absolute Gasteiger partial charge is 0.286 e. The minimum Gasteiger partial charge on any atom is -0.330 e. The van der Waals surface area contributed by atoms with Crippen LogP contribution in [0.1, 0.15) is 18.3 Å². The van der Waals surface area contributed by atoms with Gasteiger partial charge in [-0.05, 0) is 18.7 Å². The number of nitrogens with two attached hydrogens (primary N) is 1. The molecule has 13 heavy (non-hydrogen) atoms. The average Bonchev–Trinajstić information content (AvgIpc) is 2.04. The van der Waals surface area contributed by atoms with E-state index in [0.29, 0.717) is 18.7 Å². The van der Waals surface area contributed by atoms with Crippen molar-refractivity contribution < 1.29 is 8.78 Å². The highest BCUT2D eigenvalue weighted by Gasteiger charge is 2.25. The molecule has 0 radical (unpaired) electrons. The van der Waals surface area contributed by atoms with Gasteiger partial charge in [-0.3, -0.25) is 4.98 Å². The zero-order valence-corrected chi connectivity index (χ0v) is 7.43. The number of rotatable bonds is 3. The Morgan fingerprint density at radius 1 is 1.46 bits per heavy atom. The van der Waals surface area contributed by atoms with Crippen molar-refractivity contribution in [3.8, 4) is 0 Å². The number of nitrogens with zero attached hydrogens (tertiary/aromatic N) is 1. The number of hydrogen-bond acceptors (Lipinski definition) is 2. The summed E-state index contributed by atoms with van der Waals surface area (Å²) in [5.74, 6) is -2.87. The molecule has 4 heteroatoms. The molecule has 0 saturated carbocycles. The van der Waals surface area contributed by atoms with Crippen LogP contribution in [0.2, 0.25) is 0 Å². The molecule has 0 aliphatic heterocycles. The molecule has 72 valence electrons. The van der Waals surface area contributed by atoms with E-state index in [9.17, 15) is 8.78 Å². The van der Waals surface area contributed by atoms with Gasteiger partial charge in [0.25, 0.3) is 5.92 Å². The second kappa shape index (κ2) is 3.79. The summed E-state index contributed by atoms with van der Waals surface area (Å²) in [6, 6.07) is 4.59. The molecule has 0 aliphatic rings. The number of aromatic nitrogens is 1. The van der Waals surface area contributed by atoms with Gasteiger partial charge in [0, 0.05) is 19.0 Å². The molecule has 0 unspecified atom stereocenters. The molecule has 1 heterocycles. The number of alkyl halides is 2. The molecule has 0 aliphatic carbocycles. The molecule has 0 amide bonds. The van der Waals surface area contributed by atoms with Gasteiger partial charge in [-0.1, -0.05) is 6.07 Å². The largest absolute Gasteiger partial charge is 0.330 e. The van der Waals surface area contributed by atoms with Gasteiger partial charge in [0.15, 0.2) is 0 Å². The Labute approximate surface area is 75.8 Å².